The van der Waals surface area contributed by atoms with Gasteiger partial charge < -0.3 is 14.6 Å². The molecule has 4 nitrogen and oxygen atoms in total. The van der Waals surface area contributed by atoms with E-state index in [1.165, 1.54) is 6.07 Å². The van der Waals surface area contributed by atoms with E-state index in [9.17, 15) is 18.0 Å². The van der Waals surface area contributed by atoms with Crippen LogP contribution in [0.4, 0.5) is 13.2 Å². The van der Waals surface area contributed by atoms with Gasteiger partial charge in [-0.05, 0) is 55.2 Å². The number of halogens is 3. The number of hydrogen-bond donors (Lipinski definition) is 1. The summed E-state index contributed by atoms with van der Waals surface area (Å²) >= 11 is 0. The van der Waals surface area contributed by atoms with Gasteiger partial charge in [-0.2, -0.15) is 13.2 Å². The first-order valence-electron chi connectivity index (χ1n) is 8.60. The number of carbonyl (C=O) groups is 1. The zero-order chi connectivity index (χ0) is 20.0. The average Bonchev–Trinajstić information content (AvgIpc) is 2.60. The van der Waals surface area contributed by atoms with Crippen molar-refractivity contribution in [2.45, 2.75) is 39.3 Å². The highest BCUT2D eigenvalue weighted by molar-refractivity contribution is 5.67. The molecule has 7 heteroatoms. The maximum atomic E-state index is 12.9. The van der Waals surface area contributed by atoms with E-state index in [0.29, 0.717) is 42.3 Å². The minimum atomic E-state index is -4.41. The van der Waals surface area contributed by atoms with Crippen molar-refractivity contribution in [2.24, 2.45) is 0 Å². The number of aryl methyl sites for hydroxylation is 2. The van der Waals surface area contributed by atoms with E-state index in [-0.39, 0.29) is 6.42 Å². The van der Waals surface area contributed by atoms with Gasteiger partial charge >= 0.3 is 12.1 Å². The van der Waals surface area contributed by atoms with Crippen LogP contribution in [0.1, 0.15) is 37.0 Å². The lowest BCUT2D eigenvalue weighted by Crippen LogP contribution is -2.06. The Kier molecular flexibility index (Phi) is 6.71. The first-order chi connectivity index (χ1) is 12.7. The van der Waals surface area contributed by atoms with E-state index < -0.39 is 17.7 Å². The Balaban J connectivity index is 2.28. The summed E-state index contributed by atoms with van der Waals surface area (Å²) in [5.41, 5.74) is 0.457. The fourth-order valence-electron chi connectivity index (χ4n) is 2.59. The van der Waals surface area contributed by atoms with Gasteiger partial charge in [-0.1, -0.05) is 13.0 Å². The Hall–Kier alpha value is -2.70. The smallest absolute Gasteiger partial charge is 0.416 e. The van der Waals surface area contributed by atoms with Crippen molar-refractivity contribution in [1.82, 2.24) is 0 Å². The number of benzene rings is 2. The highest BCUT2D eigenvalue weighted by Gasteiger charge is 2.31. The molecule has 0 saturated heterocycles. The molecule has 0 fully saturated rings. The number of carboxylic acids is 1. The molecule has 146 valence electrons. The van der Waals surface area contributed by atoms with Crippen LogP contribution in [0.2, 0.25) is 0 Å². The van der Waals surface area contributed by atoms with Crippen LogP contribution in [-0.2, 0) is 23.8 Å². The summed E-state index contributed by atoms with van der Waals surface area (Å²) in [6.07, 6.45) is -3.74. The van der Waals surface area contributed by atoms with Gasteiger partial charge in [0.2, 0.25) is 0 Å². The Morgan fingerprint density at radius 1 is 1.04 bits per heavy atom. The van der Waals surface area contributed by atoms with Crippen LogP contribution in [0.15, 0.2) is 36.4 Å². The van der Waals surface area contributed by atoms with E-state index in [4.69, 9.17) is 14.6 Å². The number of rotatable bonds is 8. The molecule has 0 aromatic heterocycles. The monoisotopic (exact) mass is 382 g/mol. The third kappa shape index (κ3) is 5.64. The topological polar surface area (TPSA) is 55.8 Å². The predicted octanol–water partition coefficient (Wildman–Crippen LogP) is 5.48. The van der Waals surface area contributed by atoms with Crippen molar-refractivity contribution < 1.29 is 32.5 Å². The molecule has 0 aliphatic heterocycles. The van der Waals surface area contributed by atoms with Crippen LogP contribution < -0.4 is 9.47 Å². The number of aliphatic carboxylic acids is 1. The van der Waals surface area contributed by atoms with Gasteiger partial charge in [-0.15, -0.1) is 0 Å². The predicted molar refractivity (Wildman–Crippen MR) is 94.5 cm³/mol. The van der Waals surface area contributed by atoms with E-state index in [1.807, 2.05) is 0 Å². The second kappa shape index (κ2) is 8.79. The molecule has 27 heavy (non-hydrogen) atoms. The van der Waals surface area contributed by atoms with Crippen LogP contribution in [0.5, 0.6) is 17.2 Å². The summed E-state index contributed by atoms with van der Waals surface area (Å²) in [4.78, 5) is 10.8. The fourth-order valence-corrected chi connectivity index (χ4v) is 2.59. The molecule has 0 radical (unpaired) electrons. The Morgan fingerprint density at radius 2 is 1.78 bits per heavy atom. The van der Waals surface area contributed by atoms with Crippen molar-refractivity contribution in [1.29, 1.82) is 0 Å². The third-order valence-corrected chi connectivity index (χ3v) is 3.94. The molecule has 2 aromatic carbocycles. The second-order valence-corrected chi connectivity index (χ2v) is 5.87. The molecule has 0 aliphatic carbocycles. The van der Waals surface area contributed by atoms with E-state index >= 15 is 0 Å². The fraction of sp³-hybridized carbons (Fsp3) is 0.350. The summed E-state index contributed by atoms with van der Waals surface area (Å²) in [5.74, 6) is 0.342. The summed E-state index contributed by atoms with van der Waals surface area (Å²) in [5, 5.41) is 8.84. The molecule has 0 spiro atoms. The Morgan fingerprint density at radius 3 is 2.37 bits per heavy atom. The maximum Gasteiger partial charge on any atom is 0.416 e. The third-order valence-electron chi connectivity index (χ3n) is 3.94. The molecule has 2 aromatic rings. The van der Waals surface area contributed by atoms with Crippen molar-refractivity contribution >= 4 is 5.97 Å². The van der Waals surface area contributed by atoms with Gasteiger partial charge in [0.25, 0.3) is 0 Å². The summed E-state index contributed by atoms with van der Waals surface area (Å²) in [6.45, 7) is 3.95. The minimum absolute atomic E-state index is 0.0286. The normalized spacial score (nSPS) is 11.3. The SMILES string of the molecule is CCOc1cc(Oc2ccc(C(F)(F)F)cc2CC)ccc1CCC(=O)O. The molecule has 0 bridgehead atoms. The number of ether oxygens (including phenoxy) is 2. The van der Waals surface area contributed by atoms with E-state index in [2.05, 4.69) is 0 Å². The van der Waals surface area contributed by atoms with Crippen LogP contribution in [-0.4, -0.2) is 17.7 Å². The maximum absolute atomic E-state index is 12.9. The zero-order valence-electron chi connectivity index (χ0n) is 15.1. The van der Waals surface area contributed by atoms with Crippen LogP contribution in [0, 0.1) is 0 Å². The molecule has 0 amide bonds. The minimum Gasteiger partial charge on any atom is -0.493 e. The summed E-state index contributed by atoms with van der Waals surface area (Å²) in [6, 6.07) is 8.35. The average molecular weight is 382 g/mol. The molecule has 0 heterocycles. The molecule has 0 aliphatic rings. The first-order valence-corrected chi connectivity index (χ1v) is 8.60. The van der Waals surface area contributed by atoms with Crippen molar-refractivity contribution in [3.05, 3.63) is 53.1 Å². The molecule has 2 rings (SSSR count). The molecule has 0 saturated carbocycles. The molecule has 0 unspecified atom stereocenters. The molecular weight excluding hydrogens is 361 g/mol. The van der Waals surface area contributed by atoms with Crippen molar-refractivity contribution in [2.75, 3.05) is 6.61 Å². The molecular formula is C20H21F3O4. The lowest BCUT2D eigenvalue weighted by molar-refractivity contribution is -0.138. The summed E-state index contributed by atoms with van der Waals surface area (Å²) < 4.78 is 49.9. The van der Waals surface area contributed by atoms with Crippen molar-refractivity contribution in [3.63, 3.8) is 0 Å². The van der Waals surface area contributed by atoms with Crippen molar-refractivity contribution in [3.8, 4) is 17.2 Å². The molecule has 1 N–H and O–H groups in total. The number of alkyl halides is 3. The largest absolute Gasteiger partial charge is 0.493 e. The van der Waals surface area contributed by atoms with Gasteiger partial charge in [0.05, 0.1) is 12.2 Å². The van der Waals surface area contributed by atoms with Gasteiger partial charge in [-0.25, -0.2) is 0 Å². The van der Waals surface area contributed by atoms with Crippen LogP contribution >= 0.6 is 0 Å². The lowest BCUT2D eigenvalue weighted by atomic mass is 10.1. The molecule has 0 atom stereocenters. The Bertz CT molecular complexity index is 800. The Labute approximate surface area is 155 Å². The lowest BCUT2D eigenvalue weighted by Gasteiger charge is -2.15. The van der Waals surface area contributed by atoms with Gasteiger partial charge in [0.15, 0.2) is 0 Å². The number of hydrogen-bond acceptors (Lipinski definition) is 3. The first kappa shape index (κ1) is 20.6. The zero-order valence-corrected chi connectivity index (χ0v) is 15.1. The van der Waals surface area contributed by atoms with Crippen LogP contribution in [0.25, 0.3) is 0 Å². The van der Waals surface area contributed by atoms with E-state index in [1.54, 1.807) is 32.0 Å². The highest BCUT2D eigenvalue weighted by Crippen LogP contribution is 2.35. The summed E-state index contributed by atoms with van der Waals surface area (Å²) in [7, 11) is 0. The van der Waals surface area contributed by atoms with Gasteiger partial charge in [0.1, 0.15) is 17.2 Å². The quantitative estimate of drug-likeness (QED) is 0.657. The standard InChI is InChI=1S/C20H21F3O4/c1-3-13-11-15(20(21,22)23)7-9-17(13)27-16-8-5-14(6-10-19(24)25)18(12-16)26-4-2/h5,7-9,11-12H,3-4,6,10H2,1-2H3,(H,24,25). The van der Waals surface area contributed by atoms with E-state index in [0.717, 1.165) is 17.7 Å². The number of carboxylic acid groups (broad SMARTS) is 1. The highest BCUT2D eigenvalue weighted by atomic mass is 19.4. The van der Waals surface area contributed by atoms with Gasteiger partial charge in [0, 0.05) is 12.5 Å². The van der Waals surface area contributed by atoms with Gasteiger partial charge in [-0.3, -0.25) is 4.79 Å². The second-order valence-electron chi connectivity index (χ2n) is 5.87. The van der Waals surface area contributed by atoms with Crippen LogP contribution in [0.3, 0.4) is 0 Å².